The Morgan fingerprint density at radius 2 is 1.87 bits per heavy atom. The van der Waals surface area contributed by atoms with E-state index in [2.05, 4.69) is 0 Å². The highest BCUT2D eigenvalue weighted by molar-refractivity contribution is 6.31. The SMILES string of the molecule is CCOc1ccc(CC2=C(Cl)C=C3CO[C@]4(O[C@H](CO)[C@@H](O)[C@H](O)[C@H]4O)C3(C)C2)cc1. The van der Waals surface area contributed by atoms with Gasteiger partial charge in [-0.3, -0.25) is 0 Å². The van der Waals surface area contributed by atoms with Crippen LogP contribution in [0, 0.1) is 5.41 Å². The molecular weight excluding hydrogens is 424 g/mol. The average molecular weight is 453 g/mol. The van der Waals surface area contributed by atoms with Crippen LogP contribution >= 0.6 is 11.6 Å². The maximum Gasteiger partial charge on any atom is 0.207 e. The van der Waals surface area contributed by atoms with Gasteiger partial charge in [-0.1, -0.05) is 30.7 Å². The third-order valence-corrected chi connectivity index (χ3v) is 7.10. The lowest BCUT2D eigenvalue weighted by molar-refractivity contribution is -0.377. The van der Waals surface area contributed by atoms with Crippen molar-refractivity contribution in [2.75, 3.05) is 19.8 Å². The van der Waals surface area contributed by atoms with Gasteiger partial charge in [-0.25, -0.2) is 0 Å². The van der Waals surface area contributed by atoms with Gasteiger partial charge in [0.25, 0.3) is 0 Å². The second kappa shape index (κ2) is 8.48. The van der Waals surface area contributed by atoms with E-state index in [1.165, 1.54) is 0 Å². The number of ether oxygens (including phenoxy) is 3. The summed E-state index contributed by atoms with van der Waals surface area (Å²) in [4.78, 5) is 0. The first-order valence-corrected chi connectivity index (χ1v) is 10.9. The van der Waals surface area contributed by atoms with Crippen molar-refractivity contribution in [1.29, 1.82) is 0 Å². The Morgan fingerprint density at radius 3 is 2.52 bits per heavy atom. The monoisotopic (exact) mass is 452 g/mol. The highest BCUT2D eigenvalue weighted by Gasteiger charge is 2.67. The molecule has 1 aromatic rings. The summed E-state index contributed by atoms with van der Waals surface area (Å²) in [6, 6.07) is 7.80. The van der Waals surface area contributed by atoms with Gasteiger partial charge in [-0.05, 0) is 54.7 Å². The number of hydrogen-bond acceptors (Lipinski definition) is 7. The fourth-order valence-electron chi connectivity index (χ4n) is 4.91. The van der Waals surface area contributed by atoms with Gasteiger partial charge in [0.15, 0.2) is 0 Å². The van der Waals surface area contributed by atoms with E-state index in [9.17, 15) is 20.4 Å². The topological polar surface area (TPSA) is 109 Å². The number of fused-ring (bicyclic) bond motifs is 2. The number of aliphatic hydroxyl groups is 4. The molecule has 3 aliphatic rings. The first-order valence-electron chi connectivity index (χ1n) is 10.5. The lowest BCUT2D eigenvalue weighted by Crippen LogP contribution is -2.69. The second-order valence-corrected chi connectivity index (χ2v) is 9.01. The maximum atomic E-state index is 10.9. The number of aliphatic hydroxyl groups excluding tert-OH is 4. The largest absolute Gasteiger partial charge is 0.494 e. The molecule has 0 saturated carbocycles. The normalized spacial score (nSPS) is 37.7. The number of allylic oxidation sites excluding steroid dienone is 3. The van der Waals surface area contributed by atoms with Crippen molar-refractivity contribution in [3.63, 3.8) is 0 Å². The van der Waals surface area contributed by atoms with E-state index in [1.54, 1.807) is 0 Å². The quantitative estimate of drug-likeness (QED) is 0.538. The molecule has 0 radical (unpaired) electrons. The summed E-state index contributed by atoms with van der Waals surface area (Å²) in [6.45, 7) is 4.09. The van der Waals surface area contributed by atoms with E-state index < -0.39 is 42.2 Å². The molecule has 2 aliphatic heterocycles. The van der Waals surface area contributed by atoms with Crippen LogP contribution in [0.4, 0.5) is 0 Å². The number of hydrogen-bond donors (Lipinski definition) is 4. The number of benzene rings is 1. The van der Waals surface area contributed by atoms with Crippen LogP contribution in [0.1, 0.15) is 25.8 Å². The molecule has 1 aliphatic carbocycles. The van der Waals surface area contributed by atoms with E-state index in [1.807, 2.05) is 44.2 Å². The predicted octanol–water partition coefficient (Wildman–Crippen LogP) is 1.66. The molecule has 0 amide bonds. The molecule has 8 heteroatoms. The lowest BCUT2D eigenvalue weighted by atomic mass is 9.65. The molecule has 2 saturated heterocycles. The van der Waals surface area contributed by atoms with Gasteiger partial charge in [0.1, 0.15) is 30.2 Å². The van der Waals surface area contributed by atoms with Gasteiger partial charge in [0.05, 0.1) is 25.2 Å². The zero-order valence-corrected chi connectivity index (χ0v) is 18.4. The van der Waals surface area contributed by atoms with Crippen molar-refractivity contribution in [2.45, 2.75) is 56.9 Å². The fraction of sp³-hybridized carbons (Fsp3) is 0.565. The van der Waals surface area contributed by atoms with Crippen LogP contribution in [0.2, 0.25) is 0 Å². The third kappa shape index (κ3) is 3.62. The van der Waals surface area contributed by atoms with Crippen LogP contribution in [-0.2, 0) is 15.9 Å². The van der Waals surface area contributed by atoms with Crippen LogP contribution in [0.15, 0.2) is 46.5 Å². The Labute approximate surface area is 186 Å². The smallest absolute Gasteiger partial charge is 0.207 e. The first kappa shape index (κ1) is 22.7. The van der Waals surface area contributed by atoms with E-state index in [-0.39, 0.29) is 6.61 Å². The third-order valence-electron chi connectivity index (χ3n) is 6.73. The molecular formula is C23H29ClO7. The minimum atomic E-state index is -1.60. The van der Waals surface area contributed by atoms with Gasteiger partial charge in [-0.2, -0.15) is 0 Å². The Bertz CT molecular complexity index is 880. The van der Waals surface area contributed by atoms with Crippen LogP contribution in [0.25, 0.3) is 0 Å². The van der Waals surface area contributed by atoms with Gasteiger partial charge in [0, 0.05) is 5.03 Å². The molecule has 4 rings (SSSR count). The molecule has 2 fully saturated rings. The lowest BCUT2D eigenvalue weighted by Gasteiger charge is -2.53. The van der Waals surface area contributed by atoms with Crippen LogP contribution in [0.5, 0.6) is 5.75 Å². The van der Waals surface area contributed by atoms with E-state index in [0.29, 0.717) is 24.5 Å². The van der Waals surface area contributed by atoms with Crippen LogP contribution < -0.4 is 4.74 Å². The Kier molecular flexibility index (Phi) is 6.22. The van der Waals surface area contributed by atoms with Gasteiger partial charge in [0.2, 0.25) is 5.79 Å². The molecule has 2 heterocycles. The average Bonchev–Trinajstić information content (AvgIpc) is 3.03. The maximum absolute atomic E-state index is 10.9. The van der Waals surface area contributed by atoms with E-state index >= 15 is 0 Å². The first-order chi connectivity index (χ1) is 14.8. The van der Waals surface area contributed by atoms with Crippen LogP contribution in [-0.4, -0.2) is 70.4 Å². The Balaban J connectivity index is 1.63. The molecule has 0 aromatic heterocycles. The predicted molar refractivity (Wildman–Crippen MR) is 114 cm³/mol. The highest BCUT2D eigenvalue weighted by atomic mass is 35.5. The molecule has 1 aromatic carbocycles. The van der Waals surface area contributed by atoms with Crippen molar-refractivity contribution in [3.05, 3.63) is 52.1 Å². The molecule has 0 bridgehead atoms. The highest BCUT2D eigenvalue weighted by Crippen LogP contribution is 2.58. The van der Waals surface area contributed by atoms with Gasteiger partial charge in [-0.15, -0.1) is 0 Å². The summed E-state index contributed by atoms with van der Waals surface area (Å²) in [5, 5.41) is 41.8. The molecule has 31 heavy (non-hydrogen) atoms. The van der Waals surface area contributed by atoms with Crippen molar-refractivity contribution >= 4 is 11.6 Å². The fourth-order valence-corrected chi connectivity index (χ4v) is 5.18. The Hall–Kier alpha value is -1.45. The minimum absolute atomic E-state index is 0.168. The molecule has 4 N–H and O–H groups in total. The molecule has 170 valence electrons. The zero-order chi connectivity index (χ0) is 22.4. The zero-order valence-electron chi connectivity index (χ0n) is 17.6. The summed E-state index contributed by atoms with van der Waals surface area (Å²) >= 11 is 6.60. The van der Waals surface area contributed by atoms with Crippen molar-refractivity contribution in [1.82, 2.24) is 0 Å². The number of rotatable bonds is 5. The van der Waals surface area contributed by atoms with E-state index in [0.717, 1.165) is 22.5 Å². The summed E-state index contributed by atoms with van der Waals surface area (Å²) in [6.07, 6.45) is -2.65. The van der Waals surface area contributed by atoms with Gasteiger partial charge < -0.3 is 34.6 Å². The molecule has 6 atom stereocenters. The van der Waals surface area contributed by atoms with Crippen molar-refractivity contribution in [3.8, 4) is 5.75 Å². The molecule has 7 nitrogen and oxygen atoms in total. The summed E-state index contributed by atoms with van der Waals surface area (Å²) in [5.74, 6) is -0.805. The van der Waals surface area contributed by atoms with Gasteiger partial charge >= 0.3 is 0 Å². The number of halogens is 1. The van der Waals surface area contributed by atoms with Crippen molar-refractivity contribution in [2.24, 2.45) is 5.41 Å². The summed E-state index contributed by atoms with van der Waals surface area (Å²) in [5.41, 5.74) is 2.00. The standard InChI is InChI=1S/C23H29ClO7/c1-3-29-16-6-4-13(5-7-16)8-14-10-22(2)15(9-17(14)24)12-30-23(22)21(28)20(27)19(26)18(11-25)31-23/h4-7,9,18-21,25-28H,3,8,10-12H2,1-2H3/t18-,19-,20+,21-,22?,23-/m1/s1. The van der Waals surface area contributed by atoms with Crippen LogP contribution in [0.3, 0.4) is 0 Å². The molecule has 1 unspecified atom stereocenters. The summed E-state index contributed by atoms with van der Waals surface area (Å²) in [7, 11) is 0. The van der Waals surface area contributed by atoms with E-state index in [4.69, 9.17) is 25.8 Å². The van der Waals surface area contributed by atoms with Crippen molar-refractivity contribution < 1.29 is 34.6 Å². The molecule has 1 spiro atoms. The Morgan fingerprint density at radius 1 is 1.16 bits per heavy atom. The minimum Gasteiger partial charge on any atom is -0.494 e. The summed E-state index contributed by atoms with van der Waals surface area (Å²) < 4.78 is 17.4. The second-order valence-electron chi connectivity index (χ2n) is 8.60.